The van der Waals surface area contributed by atoms with E-state index < -0.39 is 0 Å². The van der Waals surface area contributed by atoms with Gasteiger partial charge in [-0.2, -0.15) is 0 Å². The second kappa shape index (κ2) is 6.40. The molecule has 1 heterocycles. The summed E-state index contributed by atoms with van der Waals surface area (Å²) in [7, 11) is 1.65. The highest BCUT2D eigenvalue weighted by Crippen LogP contribution is 2.51. The molecular weight excluding hydrogens is 302 g/mol. The maximum absolute atomic E-state index is 12.8. The lowest BCUT2D eigenvalue weighted by molar-refractivity contribution is -0.0784. The number of ether oxygens (including phenoxy) is 2. The van der Waals surface area contributed by atoms with Crippen LogP contribution in [0.4, 0.5) is 0 Å². The Morgan fingerprint density at radius 3 is 2.75 bits per heavy atom. The summed E-state index contributed by atoms with van der Waals surface area (Å²) >= 11 is 0. The van der Waals surface area contributed by atoms with Gasteiger partial charge in [-0.25, -0.2) is 0 Å². The summed E-state index contributed by atoms with van der Waals surface area (Å²) in [4.78, 5) is 12.8. The van der Waals surface area contributed by atoms with Crippen molar-refractivity contribution in [3.05, 3.63) is 29.3 Å². The molecule has 24 heavy (non-hydrogen) atoms. The lowest BCUT2D eigenvalue weighted by atomic mass is 9.61. The molecule has 1 N–H and O–H groups in total. The van der Waals surface area contributed by atoms with Crippen molar-refractivity contribution in [3.8, 4) is 5.75 Å². The fraction of sp³-hybridized carbons (Fsp3) is 0.650. The zero-order valence-corrected chi connectivity index (χ0v) is 14.6. The van der Waals surface area contributed by atoms with E-state index in [0.717, 1.165) is 35.8 Å². The molecule has 2 aliphatic carbocycles. The number of carbonyl (C=O) groups is 1. The second-order valence-electron chi connectivity index (χ2n) is 7.59. The van der Waals surface area contributed by atoms with Gasteiger partial charge in [-0.15, -0.1) is 0 Å². The summed E-state index contributed by atoms with van der Waals surface area (Å²) < 4.78 is 11.2. The highest BCUT2D eigenvalue weighted by molar-refractivity contribution is 5.96. The molecule has 1 aromatic carbocycles. The van der Waals surface area contributed by atoms with Crippen molar-refractivity contribution in [1.29, 1.82) is 0 Å². The number of nitrogens with one attached hydrogen (secondary N) is 1. The van der Waals surface area contributed by atoms with Gasteiger partial charge in [0.2, 0.25) is 0 Å². The Labute approximate surface area is 143 Å². The molecule has 1 amide bonds. The van der Waals surface area contributed by atoms with E-state index in [0.29, 0.717) is 17.9 Å². The minimum Gasteiger partial charge on any atom is -0.497 e. The quantitative estimate of drug-likeness (QED) is 0.922. The van der Waals surface area contributed by atoms with E-state index in [-0.39, 0.29) is 11.9 Å². The summed E-state index contributed by atoms with van der Waals surface area (Å²) in [5, 5.41) is 3.35. The third-order valence-electron chi connectivity index (χ3n) is 6.36. The number of fused-ring (bicyclic) bond motifs is 1. The van der Waals surface area contributed by atoms with Crippen molar-refractivity contribution in [2.75, 3.05) is 13.7 Å². The van der Waals surface area contributed by atoms with Gasteiger partial charge in [0.15, 0.2) is 0 Å². The zero-order chi connectivity index (χ0) is 16.7. The second-order valence-corrected chi connectivity index (χ2v) is 7.59. The standard InChI is InChI=1S/C20H27NO3/c1-12-11-14(23-2)7-8-15(12)20(22)21-18-16-9-10-24-19(16)17(18)13-5-3-4-6-13/h7-8,11,13,16-19H,3-6,9-10H2,1-2H3,(H,21,22)/t16-,17+,18+,19-/m1/s1. The molecule has 4 rings (SSSR count). The molecule has 1 aromatic rings. The SMILES string of the molecule is COc1ccc(C(=O)N[C@H]2[C@H]3CCO[C@H]3[C@H]2C2CCCC2)c(C)c1. The van der Waals surface area contributed by atoms with Gasteiger partial charge < -0.3 is 14.8 Å². The van der Waals surface area contributed by atoms with Crippen LogP contribution in [0.2, 0.25) is 0 Å². The topological polar surface area (TPSA) is 47.6 Å². The Kier molecular flexibility index (Phi) is 4.25. The van der Waals surface area contributed by atoms with Crippen molar-refractivity contribution in [2.24, 2.45) is 17.8 Å². The molecular formula is C20H27NO3. The van der Waals surface area contributed by atoms with Crippen molar-refractivity contribution >= 4 is 5.91 Å². The van der Waals surface area contributed by atoms with E-state index in [4.69, 9.17) is 9.47 Å². The molecule has 1 saturated heterocycles. The molecule has 4 atom stereocenters. The average molecular weight is 329 g/mol. The van der Waals surface area contributed by atoms with Gasteiger partial charge in [0.25, 0.3) is 5.91 Å². The number of hydrogen-bond acceptors (Lipinski definition) is 3. The van der Waals surface area contributed by atoms with Crippen LogP contribution in [0.1, 0.15) is 48.0 Å². The first-order valence-electron chi connectivity index (χ1n) is 9.26. The third kappa shape index (κ3) is 2.61. The Morgan fingerprint density at radius 2 is 2.04 bits per heavy atom. The predicted molar refractivity (Wildman–Crippen MR) is 92.3 cm³/mol. The lowest BCUT2D eigenvalue weighted by Crippen LogP contribution is -2.63. The zero-order valence-electron chi connectivity index (χ0n) is 14.6. The number of hydrogen-bond donors (Lipinski definition) is 1. The van der Waals surface area contributed by atoms with E-state index in [9.17, 15) is 4.79 Å². The van der Waals surface area contributed by atoms with Crippen LogP contribution in [0, 0.1) is 24.7 Å². The average Bonchev–Trinajstić information content (AvgIpc) is 3.23. The van der Waals surface area contributed by atoms with Crippen LogP contribution >= 0.6 is 0 Å². The van der Waals surface area contributed by atoms with Gasteiger partial charge in [0.1, 0.15) is 5.75 Å². The Morgan fingerprint density at radius 1 is 1.25 bits per heavy atom. The lowest BCUT2D eigenvalue weighted by Gasteiger charge is -2.50. The van der Waals surface area contributed by atoms with Crippen LogP contribution in [-0.2, 0) is 4.74 Å². The molecule has 2 saturated carbocycles. The summed E-state index contributed by atoms with van der Waals surface area (Å²) in [6.07, 6.45) is 6.72. The molecule has 0 aromatic heterocycles. The van der Waals surface area contributed by atoms with Crippen molar-refractivity contribution < 1.29 is 14.3 Å². The van der Waals surface area contributed by atoms with Crippen LogP contribution in [0.3, 0.4) is 0 Å². The number of benzene rings is 1. The smallest absolute Gasteiger partial charge is 0.251 e. The van der Waals surface area contributed by atoms with Gasteiger partial charge in [-0.3, -0.25) is 4.79 Å². The summed E-state index contributed by atoms with van der Waals surface area (Å²) in [6.45, 7) is 2.82. The van der Waals surface area contributed by atoms with E-state index in [1.54, 1.807) is 7.11 Å². The summed E-state index contributed by atoms with van der Waals surface area (Å²) in [5.41, 5.74) is 1.71. The fourth-order valence-electron chi connectivity index (χ4n) is 5.11. The maximum atomic E-state index is 12.8. The molecule has 0 spiro atoms. The van der Waals surface area contributed by atoms with Gasteiger partial charge in [0, 0.05) is 30.0 Å². The number of amides is 1. The molecule has 0 unspecified atom stereocenters. The van der Waals surface area contributed by atoms with Gasteiger partial charge >= 0.3 is 0 Å². The largest absolute Gasteiger partial charge is 0.497 e. The normalized spacial score (nSPS) is 32.2. The highest BCUT2D eigenvalue weighted by Gasteiger charge is 2.57. The molecule has 4 nitrogen and oxygen atoms in total. The van der Waals surface area contributed by atoms with E-state index in [1.165, 1.54) is 25.7 Å². The summed E-state index contributed by atoms with van der Waals surface area (Å²) in [5.74, 6) is 2.60. The van der Waals surface area contributed by atoms with Gasteiger partial charge in [-0.1, -0.05) is 25.7 Å². The number of methoxy groups -OCH3 is 1. The van der Waals surface area contributed by atoms with Gasteiger partial charge in [0.05, 0.1) is 13.2 Å². The van der Waals surface area contributed by atoms with Crippen molar-refractivity contribution in [1.82, 2.24) is 5.32 Å². The van der Waals surface area contributed by atoms with Crippen LogP contribution in [0.25, 0.3) is 0 Å². The first-order chi connectivity index (χ1) is 11.7. The Balaban J connectivity index is 1.49. The number of carbonyl (C=O) groups excluding carboxylic acids is 1. The monoisotopic (exact) mass is 329 g/mol. The minimum atomic E-state index is 0.0495. The molecule has 130 valence electrons. The first-order valence-corrected chi connectivity index (χ1v) is 9.26. The van der Waals surface area contributed by atoms with E-state index >= 15 is 0 Å². The summed E-state index contributed by atoms with van der Waals surface area (Å²) in [6, 6.07) is 5.94. The molecule has 3 aliphatic rings. The molecule has 0 bridgehead atoms. The minimum absolute atomic E-state index is 0.0495. The van der Waals surface area contributed by atoms with E-state index in [2.05, 4.69) is 5.32 Å². The molecule has 3 fully saturated rings. The van der Waals surface area contributed by atoms with Crippen LogP contribution in [0.5, 0.6) is 5.75 Å². The van der Waals surface area contributed by atoms with Crippen LogP contribution in [0.15, 0.2) is 18.2 Å². The fourth-order valence-corrected chi connectivity index (χ4v) is 5.11. The maximum Gasteiger partial charge on any atom is 0.251 e. The molecule has 4 heteroatoms. The molecule has 1 aliphatic heterocycles. The van der Waals surface area contributed by atoms with Crippen LogP contribution in [-0.4, -0.2) is 31.8 Å². The number of rotatable bonds is 4. The Hall–Kier alpha value is -1.55. The first kappa shape index (κ1) is 15.9. The van der Waals surface area contributed by atoms with Crippen molar-refractivity contribution in [3.63, 3.8) is 0 Å². The Bertz CT molecular complexity index is 619. The van der Waals surface area contributed by atoms with Crippen LogP contribution < -0.4 is 10.1 Å². The third-order valence-corrected chi connectivity index (χ3v) is 6.36. The van der Waals surface area contributed by atoms with Gasteiger partial charge in [-0.05, 0) is 43.0 Å². The molecule has 0 radical (unpaired) electrons. The number of aryl methyl sites for hydroxylation is 1. The van der Waals surface area contributed by atoms with E-state index in [1.807, 2.05) is 25.1 Å². The highest BCUT2D eigenvalue weighted by atomic mass is 16.5. The predicted octanol–water partition coefficient (Wildman–Crippen LogP) is 3.33. The van der Waals surface area contributed by atoms with Crippen molar-refractivity contribution in [2.45, 2.75) is 51.2 Å².